The molecule has 0 aliphatic heterocycles. The van der Waals surface area contributed by atoms with Gasteiger partial charge in [-0.15, -0.1) is 0 Å². The zero-order valence-electron chi connectivity index (χ0n) is 10.5. The van der Waals surface area contributed by atoms with Crippen LogP contribution in [0.4, 0.5) is 13.2 Å². The molecule has 0 radical (unpaired) electrons. The Kier molecular flexibility index (Phi) is 4.59. The van der Waals surface area contributed by atoms with E-state index in [1.807, 2.05) is 0 Å². The largest absolute Gasteiger partial charge is 0.406 e. The Labute approximate surface area is 104 Å². The van der Waals surface area contributed by atoms with Crippen molar-refractivity contribution in [3.05, 3.63) is 0 Å². The topological polar surface area (TPSA) is 40.6 Å². The summed E-state index contributed by atoms with van der Waals surface area (Å²) in [5.74, 6) is -1.41. The van der Waals surface area contributed by atoms with Gasteiger partial charge in [-0.25, -0.2) is 0 Å². The lowest BCUT2D eigenvalue weighted by atomic mass is 9.84. The zero-order chi connectivity index (χ0) is 13.9. The maximum absolute atomic E-state index is 12.4. The predicted octanol–water partition coefficient (Wildman–Crippen LogP) is 1.27. The lowest BCUT2D eigenvalue weighted by molar-refractivity contribution is -0.167. The summed E-state index contributed by atoms with van der Waals surface area (Å²) in [4.78, 5) is 25.0. The maximum Gasteiger partial charge on any atom is 0.406 e. The number of carbonyl (C=O) groups excluding carboxylic acids is 2. The first-order valence-electron chi connectivity index (χ1n) is 5.76. The summed E-state index contributed by atoms with van der Waals surface area (Å²) in [5.41, 5.74) is 0. The van der Waals surface area contributed by atoms with Crippen molar-refractivity contribution in [2.45, 2.75) is 25.4 Å². The normalized spacial score (nSPS) is 16.1. The van der Waals surface area contributed by atoms with Crippen molar-refractivity contribution in [3.8, 4) is 0 Å². The minimum Gasteiger partial charge on any atom is -0.347 e. The third-order valence-electron chi connectivity index (χ3n) is 2.96. The van der Waals surface area contributed by atoms with Crippen LogP contribution in [0.3, 0.4) is 0 Å². The highest BCUT2D eigenvalue weighted by Gasteiger charge is 2.37. The Balaban J connectivity index is 2.67. The van der Waals surface area contributed by atoms with Crippen LogP contribution < -0.4 is 0 Å². The standard InChI is InChI=1S/C11H17F3N2O2/c1-15(2)9(17)6-16(7-11(12,13)14)10(18)8-4-3-5-8/h8H,3-7H2,1-2H3. The van der Waals surface area contributed by atoms with Crippen molar-refractivity contribution in [1.29, 1.82) is 0 Å². The molecule has 0 aromatic heterocycles. The van der Waals surface area contributed by atoms with Gasteiger partial charge in [-0.05, 0) is 12.8 Å². The highest BCUT2D eigenvalue weighted by molar-refractivity contribution is 5.86. The Morgan fingerprint density at radius 1 is 1.22 bits per heavy atom. The van der Waals surface area contributed by atoms with Gasteiger partial charge < -0.3 is 9.80 Å². The summed E-state index contributed by atoms with van der Waals surface area (Å²) in [6, 6.07) is 0. The number of nitrogens with zero attached hydrogens (tertiary/aromatic N) is 2. The number of amides is 2. The lowest BCUT2D eigenvalue weighted by Crippen LogP contribution is -2.48. The van der Waals surface area contributed by atoms with Crippen LogP contribution in [0.1, 0.15) is 19.3 Å². The van der Waals surface area contributed by atoms with Crippen LogP contribution in [-0.4, -0.2) is 55.0 Å². The van der Waals surface area contributed by atoms with E-state index >= 15 is 0 Å². The van der Waals surface area contributed by atoms with Gasteiger partial charge in [-0.3, -0.25) is 9.59 Å². The first kappa shape index (κ1) is 14.8. The van der Waals surface area contributed by atoms with Crippen LogP contribution >= 0.6 is 0 Å². The molecule has 0 bridgehead atoms. The summed E-state index contributed by atoms with van der Waals surface area (Å²) in [5, 5.41) is 0. The van der Waals surface area contributed by atoms with Crippen LogP contribution in [0.5, 0.6) is 0 Å². The quantitative estimate of drug-likeness (QED) is 0.768. The number of rotatable bonds is 4. The molecule has 104 valence electrons. The van der Waals surface area contributed by atoms with E-state index in [4.69, 9.17) is 0 Å². The number of halogens is 3. The fraction of sp³-hybridized carbons (Fsp3) is 0.818. The number of alkyl halides is 3. The monoisotopic (exact) mass is 266 g/mol. The molecule has 2 amide bonds. The van der Waals surface area contributed by atoms with Crippen LogP contribution in [-0.2, 0) is 9.59 Å². The van der Waals surface area contributed by atoms with Crippen molar-refractivity contribution >= 4 is 11.8 Å². The molecule has 1 aliphatic rings. The van der Waals surface area contributed by atoms with E-state index in [2.05, 4.69) is 0 Å². The Hall–Kier alpha value is -1.27. The van der Waals surface area contributed by atoms with Crippen molar-refractivity contribution in [3.63, 3.8) is 0 Å². The Morgan fingerprint density at radius 2 is 1.78 bits per heavy atom. The maximum atomic E-state index is 12.4. The van der Waals surface area contributed by atoms with Crippen LogP contribution in [0.2, 0.25) is 0 Å². The van der Waals surface area contributed by atoms with Crippen LogP contribution in [0, 0.1) is 5.92 Å². The second-order valence-electron chi connectivity index (χ2n) is 4.73. The van der Waals surface area contributed by atoms with Crippen LogP contribution in [0.15, 0.2) is 0 Å². The van der Waals surface area contributed by atoms with Crippen molar-refractivity contribution in [1.82, 2.24) is 9.80 Å². The number of hydrogen-bond donors (Lipinski definition) is 0. The summed E-state index contributed by atoms with van der Waals surface area (Å²) in [6.07, 6.45) is -2.39. The van der Waals surface area contributed by atoms with Crippen molar-refractivity contribution < 1.29 is 22.8 Å². The second-order valence-corrected chi connectivity index (χ2v) is 4.73. The SMILES string of the molecule is CN(C)C(=O)CN(CC(F)(F)F)C(=O)C1CCC1. The molecule has 4 nitrogen and oxygen atoms in total. The third kappa shape index (κ3) is 4.19. The smallest absolute Gasteiger partial charge is 0.347 e. The van der Waals surface area contributed by atoms with Gasteiger partial charge in [0, 0.05) is 20.0 Å². The molecule has 1 aliphatic carbocycles. The van der Waals surface area contributed by atoms with E-state index in [1.54, 1.807) is 0 Å². The van der Waals surface area contributed by atoms with E-state index in [9.17, 15) is 22.8 Å². The molecule has 18 heavy (non-hydrogen) atoms. The first-order valence-corrected chi connectivity index (χ1v) is 5.76. The van der Waals surface area contributed by atoms with E-state index < -0.39 is 31.1 Å². The summed E-state index contributed by atoms with van der Waals surface area (Å²) in [7, 11) is 2.89. The number of hydrogen-bond acceptors (Lipinski definition) is 2. The highest BCUT2D eigenvalue weighted by atomic mass is 19.4. The molecule has 0 N–H and O–H groups in total. The molecule has 0 heterocycles. The first-order chi connectivity index (χ1) is 8.20. The third-order valence-corrected chi connectivity index (χ3v) is 2.96. The Morgan fingerprint density at radius 3 is 2.11 bits per heavy atom. The molecule has 0 unspecified atom stereocenters. The molecule has 0 aromatic carbocycles. The molecule has 0 spiro atoms. The van der Waals surface area contributed by atoms with E-state index in [-0.39, 0.29) is 5.92 Å². The molecule has 1 rings (SSSR count). The molecule has 1 saturated carbocycles. The lowest BCUT2D eigenvalue weighted by Gasteiger charge is -2.32. The van der Waals surface area contributed by atoms with Crippen molar-refractivity contribution in [2.24, 2.45) is 5.92 Å². The average molecular weight is 266 g/mol. The number of carbonyl (C=O) groups is 2. The van der Waals surface area contributed by atoms with Gasteiger partial charge in [-0.1, -0.05) is 6.42 Å². The van der Waals surface area contributed by atoms with Gasteiger partial charge in [0.15, 0.2) is 0 Å². The molecule has 0 saturated heterocycles. The summed E-state index contributed by atoms with van der Waals surface area (Å²) < 4.78 is 37.2. The molecule has 0 atom stereocenters. The van der Waals surface area contributed by atoms with E-state index in [0.717, 1.165) is 6.42 Å². The Bertz CT molecular complexity index is 325. The second kappa shape index (κ2) is 5.58. The zero-order valence-corrected chi connectivity index (χ0v) is 10.5. The van der Waals surface area contributed by atoms with Gasteiger partial charge in [-0.2, -0.15) is 13.2 Å². The molecule has 0 aromatic rings. The molecule has 7 heteroatoms. The van der Waals surface area contributed by atoms with Crippen molar-refractivity contribution in [2.75, 3.05) is 27.2 Å². The van der Waals surface area contributed by atoms with E-state index in [1.165, 1.54) is 19.0 Å². The highest BCUT2D eigenvalue weighted by Crippen LogP contribution is 2.29. The summed E-state index contributed by atoms with van der Waals surface area (Å²) in [6.45, 7) is -1.87. The fourth-order valence-corrected chi connectivity index (χ4v) is 1.65. The minimum atomic E-state index is -4.48. The fourth-order valence-electron chi connectivity index (χ4n) is 1.65. The van der Waals surface area contributed by atoms with Gasteiger partial charge in [0.25, 0.3) is 0 Å². The number of likely N-dealkylation sites (N-methyl/N-ethyl adjacent to an activating group) is 1. The predicted molar refractivity (Wildman–Crippen MR) is 58.7 cm³/mol. The molecule has 1 fully saturated rings. The van der Waals surface area contributed by atoms with Gasteiger partial charge in [0.2, 0.25) is 11.8 Å². The van der Waals surface area contributed by atoms with E-state index in [0.29, 0.717) is 17.7 Å². The molecular weight excluding hydrogens is 249 g/mol. The van der Waals surface area contributed by atoms with Gasteiger partial charge >= 0.3 is 6.18 Å². The summed E-state index contributed by atoms with van der Waals surface area (Å²) >= 11 is 0. The van der Waals surface area contributed by atoms with Gasteiger partial charge in [0.1, 0.15) is 13.1 Å². The van der Waals surface area contributed by atoms with Crippen LogP contribution in [0.25, 0.3) is 0 Å². The average Bonchev–Trinajstić information content (AvgIpc) is 2.11. The van der Waals surface area contributed by atoms with Gasteiger partial charge in [0.05, 0.1) is 0 Å². The molecular formula is C11H17F3N2O2. The minimum absolute atomic E-state index is 0.345.